The second-order valence-electron chi connectivity index (χ2n) is 4.65. The first kappa shape index (κ1) is 13.5. The highest BCUT2D eigenvalue weighted by molar-refractivity contribution is 5.95. The van der Waals surface area contributed by atoms with Gasteiger partial charge in [0, 0.05) is 24.7 Å². The molecule has 1 saturated heterocycles. The van der Waals surface area contributed by atoms with Crippen LogP contribution in [0.4, 0.5) is 0 Å². The molecule has 102 valence electrons. The average molecular weight is 262 g/mol. The van der Waals surface area contributed by atoms with Crippen molar-refractivity contribution in [2.45, 2.75) is 12.5 Å². The first-order chi connectivity index (χ1) is 9.15. The molecule has 1 atom stereocenters. The molecule has 0 bridgehead atoms. The van der Waals surface area contributed by atoms with E-state index in [-0.39, 0.29) is 24.4 Å². The quantitative estimate of drug-likeness (QED) is 0.640. The van der Waals surface area contributed by atoms with Crippen molar-refractivity contribution in [3.63, 3.8) is 0 Å². The minimum absolute atomic E-state index is 0.145. The third kappa shape index (κ3) is 4.04. The lowest BCUT2D eigenvalue weighted by molar-refractivity contribution is -0.122. The molecule has 0 aliphatic carbocycles. The second kappa shape index (κ2) is 6.31. The summed E-state index contributed by atoms with van der Waals surface area (Å²) in [7, 11) is 0. The Bertz CT molecular complexity index is 449. The fourth-order valence-corrected chi connectivity index (χ4v) is 2.04. The zero-order valence-corrected chi connectivity index (χ0v) is 10.6. The van der Waals surface area contributed by atoms with Crippen LogP contribution in [0.2, 0.25) is 0 Å². The number of nitrogens with zero attached hydrogens (tertiary/aromatic N) is 1. The predicted molar refractivity (Wildman–Crippen MR) is 71.1 cm³/mol. The molecule has 6 nitrogen and oxygen atoms in total. The molecule has 6 heteroatoms. The van der Waals surface area contributed by atoms with Gasteiger partial charge in [-0.3, -0.25) is 25.3 Å². The highest BCUT2D eigenvalue weighted by Crippen LogP contribution is 2.05. The second-order valence-corrected chi connectivity index (χ2v) is 4.65. The zero-order valence-electron chi connectivity index (χ0n) is 10.6. The Kier molecular flexibility index (Phi) is 4.48. The standard InChI is InChI=1S/C13H18N4O2/c14-11-6-7-17(8-11)9-12(18)15-16-13(19)10-4-2-1-3-5-10/h1-5,11H,6-9,14H2,(H,15,18)(H,16,19)/t11-/m1/s1. The topological polar surface area (TPSA) is 87.5 Å². The fraction of sp³-hybridized carbons (Fsp3) is 0.385. The molecule has 0 aromatic heterocycles. The van der Waals surface area contributed by atoms with Crippen molar-refractivity contribution in [3.8, 4) is 0 Å². The maximum absolute atomic E-state index is 11.7. The molecule has 4 N–H and O–H groups in total. The summed E-state index contributed by atoms with van der Waals surface area (Å²) in [6, 6.07) is 8.87. The predicted octanol–water partition coefficient (Wildman–Crippen LogP) is -0.519. The van der Waals surface area contributed by atoms with Crippen molar-refractivity contribution in [2.24, 2.45) is 5.73 Å². The Morgan fingerprint density at radius 2 is 2.00 bits per heavy atom. The number of amides is 2. The van der Waals surface area contributed by atoms with Gasteiger partial charge in [0.25, 0.3) is 11.8 Å². The van der Waals surface area contributed by atoms with E-state index in [9.17, 15) is 9.59 Å². The summed E-state index contributed by atoms with van der Waals surface area (Å²) < 4.78 is 0. The number of benzene rings is 1. The number of hydrogen-bond acceptors (Lipinski definition) is 4. The summed E-state index contributed by atoms with van der Waals surface area (Å²) in [6.07, 6.45) is 0.906. The van der Waals surface area contributed by atoms with Crippen LogP contribution in [-0.2, 0) is 4.79 Å². The molecule has 0 radical (unpaired) electrons. The van der Waals surface area contributed by atoms with Gasteiger partial charge < -0.3 is 5.73 Å². The first-order valence-corrected chi connectivity index (χ1v) is 6.27. The van der Waals surface area contributed by atoms with Crippen molar-refractivity contribution >= 4 is 11.8 Å². The summed E-state index contributed by atoms with van der Waals surface area (Å²) >= 11 is 0. The van der Waals surface area contributed by atoms with Gasteiger partial charge >= 0.3 is 0 Å². The maximum atomic E-state index is 11.7. The van der Waals surface area contributed by atoms with Crippen LogP contribution < -0.4 is 16.6 Å². The van der Waals surface area contributed by atoms with E-state index in [0.29, 0.717) is 5.56 Å². The number of rotatable bonds is 3. The van der Waals surface area contributed by atoms with Crippen LogP contribution in [-0.4, -0.2) is 42.4 Å². The van der Waals surface area contributed by atoms with Crippen molar-refractivity contribution in [1.82, 2.24) is 15.8 Å². The van der Waals surface area contributed by atoms with Gasteiger partial charge in [0.2, 0.25) is 0 Å². The Morgan fingerprint density at radius 3 is 2.63 bits per heavy atom. The van der Waals surface area contributed by atoms with Crippen LogP contribution in [0.1, 0.15) is 16.8 Å². The SMILES string of the molecule is N[C@@H]1CCN(CC(=O)NNC(=O)c2ccccc2)C1. The van der Waals surface area contributed by atoms with Crippen LogP contribution in [0.3, 0.4) is 0 Å². The number of nitrogens with one attached hydrogen (secondary N) is 2. The number of hydrogen-bond donors (Lipinski definition) is 3. The van der Waals surface area contributed by atoms with Gasteiger partial charge in [-0.2, -0.15) is 0 Å². The summed E-state index contributed by atoms with van der Waals surface area (Å²) in [5.74, 6) is -0.564. The largest absolute Gasteiger partial charge is 0.326 e. The molecule has 1 aliphatic heterocycles. The number of carbonyl (C=O) groups is 2. The van der Waals surface area contributed by atoms with Gasteiger partial charge in [0.15, 0.2) is 0 Å². The molecule has 0 unspecified atom stereocenters. The molecule has 2 amide bonds. The number of carbonyl (C=O) groups excluding carboxylic acids is 2. The van der Waals surface area contributed by atoms with Crippen molar-refractivity contribution in [3.05, 3.63) is 35.9 Å². The van der Waals surface area contributed by atoms with E-state index in [1.165, 1.54) is 0 Å². The minimum atomic E-state index is -0.327. The Labute approximate surface area is 111 Å². The normalized spacial score (nSPS) is 19.1. The molecule has 0 saturated carbocycles. The molecule has 2 rings (SSSR count). The highest BCUT2D eigenvalue weighted by Gasteiger charge is 2.21. The number of likely N-dealkylation sites (tertiary alicyclic amines) is 1. The lowest BCUT2D eigenvalue weighted by atomic mass is 10.2. The van der Waals surface area contributed by atoms with Crippen LogP contribution >= 0.6 is 0 Å². The van der Waals surface area contributed by atoms with Gasteiger partial charge in [-0.05, 0) is 18.6 Å². The molecular formula is C13H18N4O2. The van der Waals surface area contributed by atoms with Gasteiger partial charge in [0.05, 0.1) is 6.54 Å². The van der Waals surface area contributed by atoms with Crippen LogP contribution in [0.25, 0.3) is 0 Å². The van der Waals surface area contributed by atoms with Crippen molar-refractivity contribution < 1.29 is 9.59 Å². The Balaban J connectivity index is 1.73. The summed E-state index contributed by atoms with van der Waals surface area (Å²) in [6.45, 7) is 1.80. The van der Waals surface area contributed by atoms with Gasteiger partial charge in [-0.25, -0.2) is 0 Å². The number of nitrogens with two attached hydrogens (primary N) is 1. The average Bonchev–Trinajstić information content (AvgIpc) is 2.82. The summed E-state index contributed by atoms with van der Waals surface area (Å²) in [5, 5.41) is 0. The third-order valence-corrected chi connectivity index (χ3v) is 3.03. The molecule has 1 aromatic carbocycles. The van der Waals surface area contributed by atoms with Gasteiger partial charge in [0.1, 0.15) is 0 Å². The Hall–Kier alpha value is -1.92. The van der Waals surface area contributed by atoms with Crippen LogP contribution in [0.15, 0.2) is 30.3 Å². The maximum Gasteiger partial charge on any atom is 0.269 e. The molecule has 1 heterocycles. The van der Waals surface area contributed by atoms with E-state index in [1.54, 1.807) is 24.3 Å². The molecule has 19 heavy (non-hydrogen) atoms. The molecule has 1 aromatic rings. The monoisotopic (exact) mass is 262 g/mol. The van der Waals surface area contributed by atoms with E-state index in [1.807, 2.05) is 11.0 Å². The third-order valence-electron chi connectivity index (χ3n) is 3.03. The van der Waals surface area contributed by atoms with Crippen molar-refractivity contribution in [1.29, 1.82) is 0 Å². The Morgan fingerprint density at radius 1 is 1.26 bits per heavy atom. The van der Waals surface area contributed by atoms with Crippen molar-refractivity contribution in [2.75, 3.05) is 19.6 Å². The van der Waals surface area contributed by atoms with E-state index in [2.05, 4.69) is 10.9 Å². The molecule has 0 spiro atoms. The smallest absolute Gasteiger partial charge is 0.269 e. The fourth-order valence-electron chi connectivity index (χ4n) is 2.04. The summed E-state index contributed by atoms with van der Waals surface area (Å²) in [4.78, 5) is 25.3. The van der Waals surface area contributed by atoms with E-state index >= 15 is 0 Å². The molecule has 1 fully saturated rings. The molecule has 1 aliphatic rings. The van der Waals surface area contributed by atoms with Crippen LogP contribution in [0.5, 0.6) is 0 Å². The molecular weight excluding hydrogens is 244 g/mol. The summed E-state index contributed by atoms with van der Waals surface area (Å²) in [5.41, 5.74) is 11.1. The lowest BCUT2D eigenvalue weighted by Gasteiger charge is -2.14. The van der Waals surface area contributed by atoms with E-state index in [0.717, 1.165) is 19.5 Å². The van der Waals surface area contributed by atoms with Gasteiger partial charge in [-0.1, -0.05) is 18.2 Å². The highest BCUT2D eigenvalue weighted by atomic mass is 16.2. The lowest BCUT2D eigenvalue weighted by Crippen LogP contribution is -2.46. The van der Waals surface area contributed by atoms with E-state index < -0.39 is 0 Å². The van der Waals surface area contributed by atoms with E-state index in [4.69, 9.17) is 5.73 Å². The number of hydrazine groups is 1. The minimum Gasteiger partial charge on any atom is -0.326 e. The van der Waals surface area contributed by atoms with Crippen LogP contribution in [0, 0.1) is 0 Å². The first-order valence-electron chi connectivity index (χ1n) is 6.27. The van der Waals surface area contributed by atoms with Gasteiger partial charge in [-0.15, -0.1) is 0 Å². The zero-order chi connectivity index (χ0) is 13.7.